The second kappa shape index (κ2) is 8.04. The molecular weight excluding hydrogens is 420 g/mol. The molecule has 33 heavy (non-hydrogen) atoms. The summed E-state index contributed by atoms with van der Waals surface area (Å²) < 4.78 is 12.0. The van der Waals surface area contributed by atoms with Crippen molar-refractivity contribution in [3.05, 3.63) is 71.0 Å². The molecule has 5 rings (SSSR count). The molecule has 1 aliphatic carbocycles. The van der Waals surface area contributed by atoms with Gasteiger partial charge in [-0.25, -0.2) is 9.48 Å². The van der Waals surface area contributed by atoms with Crippen molar-refractivity contribution in [2.75, 3.05) is 25.2 Å². The highest BCUT2D eigenvalue weighted by Crippen LogP contribution is 2.43. The number of amides is 1. The number of carbonyl (C=O) groups is 2. The predicted molar refractivity (Wildman–Crippen MR) is 123 cm³/mol. The van der Waals surface area contributed by atoms with Crippen LogP contribution in [0.3, 0.4) is 0 Å². The van der Waals surface area contributed by atoms with Crippen LogP contribution in [0.5, 0.6) is 5.75 Å². The molecule has 8 nitrogen and oxygen atoms in total. The number of fused-ring (bicyclic) bond motifs is 1. The van der Waals surface area contributed by atoms with Crippen LogP contribution in [0.2, 0.25) is 0 Å². The largest absolute Gasteiger partial charge is 0.497 e. The maximum absolute atomic E-state index is 13.7. The van der Waals surface area contributed by atoms with Crippen LogP contribution in [0.1, 0.15) is 51.9 Å². The molecule has 170 valence electrons. The van der Waals surface area contributed by atoms with E-state index in [4.69, 9.17) is 15.2 Å². The van der Waals surface area contributed by atoms with Crippen LogP contribution in [0, 0.1) is 0 Å². The van der Waals surface area contributed by atoms with Crippen molar-refractivity contribution in [1.29, 1.82) is 0 Å². The van der Waals surface area contributed by atoms with Crippen molar-refractivity contribution in [2.45, 2.75) is 31.7 Å². The highest BCUT2D eigenvalue weighted by molar-refractivity contribution is 6.09. The van der Waals surface area contributed by atoms with Crippen LogP contribution in [-0.4, -0.2) is 41.9 Å². The van der Waals surface area contributed by atoms with Gasteiger partial charge in [0.15, 0.2) is 5.69 Å². The number of anilines is 1. The zero-order chi connectivity index (χ0) is 23.2. The number of benzene rings is 2. The fourth-order valence-electron chi connectivity index (χ4n) is 4.28. The van der Waals surface area contributed by atoms with Gasteiger partial charge in [-0.1, -0.05) is 12.1 Å². The van der Waals surface area contributed by atoms with Crippen LogP contribution in [0.25, 0.3) is 5.69 Å². The zero-order valence-corrected chi connectivity index (χ0v) is 18.7. The molecule has 2 aliphatic rings. The zero-order valence-electron chi connectivity index (χ0n) is 18.7. The second-order valence-corrected chi connectivity index (χ2v) is 8.42. The molecule has 1 saturated carbocycles. The molecular formula is C25H26N4O4. The lowest BCUT2D eigenvalue weighted by atomic mass is 10.0. The van der Waals surface area contributed by atoms with Gasteiger partial charge >= 0.3 is 5.97 Å². The molecule has 1 aliphatic heterocycles. The molecule has 0 bridgehead atoms. The Kier molecular flexibility index (Phi) is 5.17. The maximum atomic E-state index is 13.7. The van der Waals surface area contributed by atoms with Crippen LogP contribution >= 0.6 is 0 Å². The van der Waals surface area contributed by atoms with Gasteiger partial charge in [0, 0.05) is 23.3 Å². The Morgan fingerprint density at radius 1 is 1.09 bits per heavy atom. The van der Waals surface area contributed by atoms with Gasteiger partial charge in [-0.15, -0.1) is 0 Å². The highest BCUT2D eigenvalue weighted by Gasteiger charge is 2.40. The molecule has 3 aromatic rings. The summed E-state index contributed by atoms with van der Waals surface area (Å²) in [4.78, 5) is 28.0. The van der Waals surface area contributed by atoms with E-state index in [1.165, 1.54) is 4.68 Å². The standard InChI is InChI=1S/C25H26N4O4/c1-3-33-24(31)21-20-12-15-28(17-6-4-16(5-7-17)25(26)13-14-25)23(30)22(20)29(27-21)18-8-10-19(32-2)11-9-18/h4-11H,3,12-15,26H2,1-2H3. The topological polar surface area (TPSA) is 99.7 Å². The monoisotopic (exact) mass is 446 g/mol. The van der Waals surface area contributed by atoms with Gasteiger partial charge in [0.1, 0.15) is 11.4 Å². The summed E-state index contributed by atoms with van der Waals surface area (Å²) in [6, 6.07) is 15.1. The molecule has 0 spiro atoms. The first-order valence-corrected chi connectivity index (χ1v) is 11.1. The van der Waals surface area contributed by atoms with Crippen molar-refractivity contribution in [1.82, 2.24) is 9.78 Å². The minimum absolute atomic E-state index is 0.185. The maximum Gasteiger partial charge on any atom is 0.359 e. The van der Waals surface area contributed by atoms with E-state index < -0.39 is 5.97 Å². The summed E-state index contributed by atoms with van der Waals surface area (Å²) >= 11 is 0. The number of rotatable bonds is 6. The van der Waals surface area contributed by atoms with E-state index in [1.54, 1.807) is 43.2 Å². The molecule has 1 fully saturated rings. The number of nitrogens with two attached hydrogens (primary N) is 1. The first-order chi connectivity index (χ1) is 15.9. The van der Waals surface area contributed by atoms with E-state index in [0.717, 1.165) is 24.1 Å². The van der Waals surface area contributed by atoms with Crippen molar-refractivity contribution in [3.8, 4) is 11.4 Å². The minimum Gasteiger partial charge on any atom is -0.497 e. The smallest absolute Gasteiger partial charge is 0.359 e. The first-order valence-electron chi connectivity index (χ1n) is 11.1. The molecule has 8 heteroatoms. The Hall–Kier alpha value is -3.65. The van der Waals surface area contributed by atoms with Gasteiger partial charge in [0.05, 0.1) is 19.4 Å². The lowest BCUT2D eigenvalue weighted by Gasteiger charge is -2.28. The van der Waals surface area contributed by atoms with Crippen LogP contribution in [-0.2, 0) is 16.7 Å². The molecule has 0 radical (unpaired) electrons. The fraction of sp³-hybridized carbons (Fsp3) is 0.320. The Morgan fingerprint density at radius 3 is 2.36 bits per heavy atom. The Labute approximate surface area is 191 Å². The average molecular weight is 447 g/mol. The third-order valence-corrected chi connectivity index (χ3v) is 6.34. The number of aromatic nitrogens is 2. The number of hydrogen-bond acceptors (Lipinski definition) is 6. The van der Waals surface area contributed by atoms with Gasteiger partial charge in [0.2, 0.25) is 0 Å². The van der Waals surface area contributed by atoms with Gasteiger partial charge in [-0.05, 0) is 68.1 Å². The van der Waals surface area contributed by atoms with Crippen LogP contribution < -0.4 is 15.4 Å². The molecule has 0 saturated heterocycles. The second-order valence-electron chi connectivity index (χ2n) is 8.42. The summed E-state index contributed by atoms with van der Waals surface area (Å²) in [6.45, 7) is 2.42. The van der Waals surface area contributed by atoms with Crippen molar-refractivity contribution in [2.24, 2.45) is 5.73 Å². The van der Waals surface area contributed by atoms with Crippen molar-refractivity contribution in [3.63, 3.8) is 0 Å². The van der Waals surface area contributed by atoms with E-state index in [-0.39, 0.29) is 23.7 Å². The van der Waals surface area contributed by atoms with E-state index in [2.05, 4.69) is 5.10 Å². The number of nitrogens with zero attached hydrogens (tertiary/aromatic N) is 3. The molecule has 1 amide bonds. The lowest BCUT2D eigenvalue weighted by molar-refractivity contribution is 0.0517. The van der Waals surface area contributed by atoms with Gasteiger partial charge in [-0.3, -0.25) is 4.79 Å². The third-order valence-electron chi connectivity index (χ3n) is 6.34. The summed E-state index contributed by atoms with van der Waals surface area (Å²) in [7, 11) is 1.59. The van der Waals surface area contributed by atoms with Gasteiger partial charge < -0.3 is 20.1 Å². The summed E-state index contributed by atoms with van der Waals surface area (Å²) in [5.41, 5.74) is 9.79. The predicted octanol–water partition coefficient (Wildman–Crippen LogP) is 3.21. The minimum atomic E-state index is -0.524. The van der Waals surface area contributed by atoms with Crippen LogP contribution in [0.15, 0.2) is 48.5 Å². The molecule has 2 heterocycles. The highest BCUT2D eigenvalue weighted by atomic mass is 16.5. The van der Waals surface area contributed by atoms with Gasteiger partial charge in [-0.2, -0.15) is 5.10 Å². The number of hydrogen-bond donors (Lipinski definition) is 1. The Balaban J connectivity index is 1.55. The van der Waals surface area contributed by atoms with Crippen molar-refractivity contribution < 1.29 is 19.1 Å². The third kappa shape index (κ3) is 3.66. The number of esters is 1. The normalized spacial score (nSPS) is 16.3. The lowest BCUT2D eigenvalue weighted by Crippen LogP contribution is -2.39. The van der Waals surface area contributed by atoms with Crippen molar-refractivity contribution >= 4 is 17.6 Å². The summed E-state index contributed by atoms with van der Waals surface area (Å²) in [5, 5.41) is 4.51. The molecule has 2 N–H and O–H groups in total. The molecule has 0 unspecified atom stereocenters. The fourth-order valence-corrected chi connectivity index (χ4v) is 4.28. The Morgan fingerprint density at radius 2 is 1.76 bits per heavy atom. The first kappa shape index (κ1) is 21.2. The summed E-state index contributed by atoms with van der Waals surface area (Å²) in [5.74, 6) is -0.0483. The number of ether oxygens (including phenoxy) is 2. The van der Waals surface area contributed by atoms with E-state index in [0.29, 0.717) is 35.7 Å². The molecule has 2 aromatic carbocycles. The van der Waals surface area contributed by atoms with Gasteiger partial charge in [0.25, 0.3) is 5.91 Å². The number of carbonyl (C=O) groups excluding carboxylic acids is 2. The molecule has 0 atom stereocenters. The van der Waals surface area contributed by atoms with Crippen LogP contribution in [0.4, 0.5) is 5.69 Å². The van der Waals surface area contributed by atoms with E-state index in [9.17, 15) is 9.59 Å². The van der Waals surface area contributed by atoms with E-state index in [1.807, 2.05) is 24.3 Å². The molecule has 1 aromatic heterocycles. The number of methoxy groups -OCH3 is 1. The quantitative estimate of drug-likeness (QED) is 0.584. The summed E-state index contributed by atoms with van der Waals surface area (Å²) in [6.07, 6.45) is 2.46. The average Bonchev–Trinajstić information content (AvgIpc) is 3.47. The SMILES string of the molecule is CCOC(=O)c1nn(-c2ccc(OC)cc2)c2c1CCN(c1ccc(C3(N)CC3)cc1)C2=O. The Bertz CT molecular complexity index is 1210. The van der Waals surface area contributed by atoms with E-state index >= 15 is 0 Å².